The number of carbonyl (C=O) groups excluding carboxylic acids is 2. The van der Waals surface area contributed by atoms with Gasteiger partial charge in [0.05, 0.1) is 18.2 Å². The Morgan fingerprint density at radius 2 is 1.47 bits per heavy atom. The van der Waals surface area contributed by atoms with Gasteiger partial charge in [0.25, 0.3) is 0 Å². The molecule has 0 saturated carbocycles. The van der Waals surface area contributed by atoms with E-state index in [1.807, 2.05) is 0 Å². The summed E-state index contributed by atoms with van der Waals surface area (Å²) in [6, 6.07) is 19.6. The van der Waals surface area contributed by atoms with E-state index in [-0.39, 0.29) is 22.8 Å². The maximum Gasteiger partial charge on any atom is 0.343 e. The molecule has 0 bridgehead atoms. The lowest BCUT2D eigenvalue weighted by molar-refractivity contribution is -0.110. The number of rotatable bonds is 9. The number of ether oxygens (including phenoxy) is 4. The van der Waals surface area contributed by atoms with Gasteiger partial charge in [-0.05, 0) is 30.3 Å². The third-order valence-corrected chi connectivity index (χ3v) is 4.96. The Kier molecular flexibility index (Phi) is 7.59. The van der Waals surface area contributed by atoms with Crippen molar-refractivity contribution in [3.63, 3.8) is 0 Å². The summed E-state index contributed by atoms with van der Waals surface area (Å²) in [5, 5.41) is 10.3. The van der Waals surface area contributed by atoms with Gasteiger partial charge in [-0.2, -0.15) is 0 Å². The molecule has 1 unspecified atom stereocenters. The van der Waals surface area contributed by atoms with Crippen molar-refractivity contribution in [3.8, 4) is 17.2 Å². The van der Waals surface area contributed by atoms with E-state index in [1.165, 1.54) is 33.5 Å². The number of esters is 1. The van der Waals surface area contributed by atoms with Crippen LogP contribution < -0.4 is 9.47 Å². The fourth-order valence-electron chi connectivity index (χ4n) is 3.40. The Labute approximate surface area is 186 Å². The Bertz CT molecular complexity index is 1070. The van der Waals surface area contributed by atoms with Crippen LogP contribution in [0.4, 0.5) is 0 Å². The summed E-state index contributed by atoms with van der Waals surface area (Å²) >= 11 is 0. The van der Waals surface area contributed by atoms with Crippen molar-refractivity contribution in [1.29, 1.82) is 0 Å². The average molecular weight is 436 g/mol. The highest BCUT2D eigenvalue weighted by Gasteiger charge is 2.36. The van der Waals surface area contributed by atoms with Gasteiger partial charge in [0.1, 0.15) is 11.7 Å². The molecule has 0 aliphatic carbocycles. The Morgan fingerprint density at radius 3 is 2.09 bits per heavy atom. The van der Waals surface area contributed by atoms with E-state index in [1.54, 1.807) is 60.7 Å². The van der Waals surface area contributed by atoms with Crippen molar-refractivity contribution in [2.24, 2.45) is 0 Å². The van der Waals surface area contributed by atoms with Gasteiger partial charge in [-0.15, -0.1) is 0 Å². The molecule has 3 rings (SSSR count). The quantitative estimate of drug-likeness (QED) is 0.233. The number of hydrogen-bond acceptors (Lipinski definition) is 7. The van der Waals surface area contributed by atoms with Gasteiger partial charge in [0.15, 0.2) is 23.6 Å². The first kappa shape index (κ1) is 23.0. The van der Waals surface area contributed by atoms with Crippen LogP contribution in [0, 0.1) is 0 Å². The van der Waals surface area contributed by atoms with Gasteiger partial charge in [-0.1, -0.05) is 42.5 Å². The van der Waals surface area contributed by atoms with Crippen LogP contribution in [0.15, 0.2) is 72.8 Å². The van der Waals surface area contributed by atoms with Gasteiger partial charge >= 0.3 is 5.97 Å². The van der Waals surface area contributed by atoms with E-state index in [0.717, 1.165) is 0 Å². The first-order valence-electron chi connectivity index (χ1n) is 9.83. The van der Waals surface area contributed by atoms with Gasteiger partial charge in [-0.3, -0.25) is 4.79 Å². The minimum Gasteiger partial charge on any atom is -0.507 e. The zero-order valence-corrected chi connectivity index (χ0v) is 18.0. The fourth-order valence-corrected chi connectivity index (χ4v) is 3.40. The summed E-state index contributed by atoms with van der Waals surface area (Å²) < 4.78 is 21.9. The van der Waals surface area contributed by atoms with Crippen molar-refractivity contribution in [2.75, 3.05) is 21.3 Å². The highest BCUT2D eigenvalue weighted by atomic mass is 16.7. The van der Waals surface area contributed by atoms with Crippen LogP contribution >= 0.6 is 0 Å². The minimum absolute atomic E-state index is 0.0664. The molecule has 0 fully saturated rings. The van der Waals surface area contributed by atoms with E-state index in [9.17, 15) is 14.7 Å². The predicted molar refractivity (Wildman–Crippen MR) is 117 cm³/mol. The molecule has 3 aromatic carbocycles. The van der Waals surface area contributed by atoms with Crippen molar-refractivity contribution >= 4 is 11.8 Å². The molecule has 7 heteroatoms. The number of phenols is 1. The average Bonchev–Trinajstić information content (AvgIpc) is 2.83. The molecule has 0 amide bonds. The number of carbonyl (C=O) groups is 2. The molecule has 1 N–H and O–H groups in total. The number of aromatic hydroxyl groups is 1. The van der Waals surface area contributed by atoms with Crippen LogP contribution in [0.2, 0.25) is 0 Å². The SMILES string of the molecule is COc1cccc(C(C(=O)c2ccccc2O)C(OC)OC)c1OC(=O)c1ccccc1. The minimum atomic E-state index is -1.06. The second-order valence-electron chi connectivity index (χ2n) is 6.83. The molecule has 166 valence electrons. The monoisotopic (exact) mass is 436 g/mol. The summed E-state index contributed by atoms with van der Waals surface area (Å²) in [6.07, 6.45) is -1.02. The van der Waals surface area contributed by atoms with Crippen LogP contribution in [0.1, 0.15) is 32.2 Å². The molecule has 32 heavy (non-hydrogen) atoms. The zero-order valence-electron chi connectivity index (χ0n) is 18.0. The highest BCUT2D eigenvalue weighted by Crippen LogP contribution is 2.40. The fraction of sp³-hybridized carbons (Fsp3) is 0.200. The standard InChI is InChI=1S/C25H24O7/c1-29-20-15-9-13-18(23(20)32-24(28)16-10-5-4-6-11-16)21(25(30-2)31-3)22(27)17-12-7-8-14-19(17)26/h4-15,21,25-26H,1-3H3. The maximum atomic E-state index is 13.5. The van der Waals surface area contributed by atoms with E-state index >= 15 is 0 Å². The van der Waals surface area contributed by atoms with E-state index < -0.39 is 24.0 Å². The largest absolute Gasteiger partial charge is 0.507 e. The van der Waals surface area contributed by atoms with Crippen molar-refractivity contribution in [1.82, 2.24) is 0 Å². The van der Waals surface area contributed by atoms with Gasteiger partial charge in [-0.25, -0.2) is 4.79 Å². The molecule has 0 spiro atoms. The van der Waals surface area contributed by atoms with Crippen molar-refractivity contribution < 1.29 is 33.6 Å². The molecular weight excluding hydrogens is 412 g/mol. The summed E-state index contributed by atoms with van der Waals surface area (Å²) in [7, 11) is 4.23. The topological polar surface area (TPSA) is 91.3 Å². The zero-order chi connectivity index (χ0) is 23.1. The van der Waals surface area contributed by atoms with E-state index in [4.69, 9.17) is 18.9 Å². The Hall–Kier alpha value is -3.68. The van der Waals surface area contributed by atoms with Crippen LogP contribution in [-0.4, -0.2) is 44.5 Å². The highest BCUT2D eigenvalue weighted by molar-refractivity contribution is 6.04. The first-order chi connectivity index (χ1) is 15.5. The van der Waals surface area contributed by atoms with Gasteiger partial charge in [0, 0.05) is 19.8 Å². The van der Waals surface area contributed by atoms with Gasteiger partial charge < -0.3 is 24.1 Å². The lowest BCUT2D eigenvalue weighted by atomic mass is 9.88. The molecule has 0 aromatic heterocycles. The summed E-state index contributed by atoms with van der Waals surface area (Å²) in [4.78, 5) is 26.3. The van der Waals surface area contributed by atoms with Crippen molar-refractivity contribution in [3.05, 3.63) is 89.5 Å². The number of methoxy groups -OCH3 is 3. The molecule has 0 aliphatic rings. The molecule has 0 saturated heterocycles. The van der Waals surface area contributed by atoms with Crippen LogP contribution in [0.3, 0.4) is 0 Å². The number of hydrogen-bond donors (Lipinski definition) is 1. The second kappa shape index (κ2) is 10.6. The molecule has 1 atom stereocenters. The molecule has 0 radical (unpaired) electrons. The van der Waals surface area contributed by atoms with Crippen LogP contribution in [0.25, 0.3) is 0 Å². The molecule has 3 aromatic rings. The van der Waals surface area contributed by atoms with Crippen LogP contribution in [0.5, 0.6) is 17.2 Å². The molecule has 0 heterocycles. The van der Waals surface area contributed by atoms with Crippen molar-refractivity contribution in [2.45, 2.75) is 12.2 Å². The first-order valence-corrected chi connectivity index (χ1v) is 9.83. The summed E-state index contributed by atoms with van der Waals surface area (Å²) in [5.74, 6) is -2.01. The lowest BCUT2D eigenvalue weighted by Gasteiger charge is -2.26. The normalized spacial score (nSPS) is 11.8. The second-order valence-corrected chi connectivity index (χ2v) is 6.83. The number of benzene rings is 3. The van der Waals surface area contributed by atoms with E-state index in [0.29, 0.717) is 11.1 Å². The molecule has 7 nitrogen and oxygen atoms in total. The predicted octanol–water partition coefficient (Wildman–Crippen LogP) is 4.21. The third kappa shape index (κ3) is 4.80. The molecule has 0 aliphatic heterocycles. The molecular formula is C25H24O7. The van der Waals surface area contributed by atoms with E-state index in [2.05, 4.69) is 0 Å². The van der Waals surface area contributed by atoms with Crippen LogP contribution in [-0.2, 0) is 9.47 Å². The van der Waals surface area contributed by atoms with Gasteiger partial charge in [0.2, 0.25) is 0 Å². The summed E-state index contributed by atoms with van der Waals surface area (Å²) in [5.41, 5.74) is 0.735. The number of phenolic OH excluding ortho intramolecular Hbond substituents is 1. The summed E-state index contributed by atoms with van der Waals surface area (Å²) in [6.45, 7) is 0. The number of para-hydroxylation sites is 2. The Balaban J connectivity index is 2.13. The smallest absolute Gasteiger partial charge is 0.343 e. The lowest BCUT2D eigenvalue weighted by Crippen LogP contribution is -2.30. The third-order valence-electron chi connectivity index (χ3n) is 4.96. The number of ketones is 1. The number of Topliss-reactive ketones (excluding diaryl/α,β-unsaturated/α-hetero) is 1. The Morgan fingerprint density at radius 1 is 0.812 bits per heavy atom. The maximum absolute atomic E-state index is 13.5.